The number of rotatable bonds is 8. The molecule has 0 saturated heterocycles. The molecule has 8 heteroatoms. The van der Waals surface area contributed by atoms with E-state index >= 15 is 0 Å². The van der Waals surface area contributed by atoms with Crippen molar-refractivity contribution in [3.05, 3.63) is 48.0 Å². The summed E-state index contributed by atoms with van der Waals surface area (Å²) in [4.78, 5) is 31.7. The second-order valence-corrected chi connectivity index (χ2v) is 6.34. The first-order valence-electron chi connectivity index (χ1n) is 9.21. The number of amides is 2. The van der Waals surface area contributed by atoms with Gasteiger partial charge in [0.05, 0.1) is 19.9 Å². The fraction of sp³-hybridized carbons (Fsp3) is 0.286. The van der Waals surface area contributed by atoms with Crippen LogP contribution >= 0.6 is 0 Å². The maximum atomic E-state index is 12.6. The van der Waals surface area contributed by atoms with Gasteiger partial charge in [-0.3, -0.25) is 9.59 Å². The molecule has 8 nitrogen and oxygen atoms in total. The zero-order chi connectivity index (χ0) is 20.8. The van der Waals surface area contributed by atoms with Crippen LogP contribution in [0.5, 0.6) is 11.5 Å². The second kappa shape index (κ2) is 9.09. The van der Waals surface area contributed by atoms with E-state index < -0.39 is 5.91 Å². The molecule has 0 unspecified atom stereocenters. The molecular formula is C21H23N3O5. The van der Waals surface area contributed by atoms with Gasteiger partial charge < -0.3 is 24.5 Å². The number of nitrogens with zero attached hydrogens (tertiary/aromatic N) is 2. The van der Waals surface area contributed by atoms with Crippen molar-refractivity contribution in [1.29, 1.82) is 0 Å². The fourth-order valence-electron chi connectivity index (χ4n) is 3.03. The van der Waals surface area contributed by atoms with Crippen molar-refractivity contribution < 1.29 is 23.9 Å². The van der Waals surface area contributed by atoms with E-state index in [2.05, 4.69) is 10.5 Å². The van der Waals surface area contributed by atoms with Crippen molar-refractivity contribution in [2.75, 3.05) is 37.6 Å². The standard InChI is InChI=1S/C21H23N3O5/c1-4-9-24-18-8-6-5-7-17(18)20(21(24)26)23-29-13-19(25)22-14-10-15(27-2)12-16(11-14)28-3/h5-8,10-12H,4,9,13H2,1-3H3,(H,22,25)/b23-20+. The van der Waals surface area contributed by atoms with E-state index in [-0.39, 0.29) is 18.2 Å². The topological polar surface area (TPSA) is 89.5 Å². The lowest BCUT2D eigenvalue weighted by Crippen LogP contribution is -2.31. The number of anilines is 2. The number of ether oxygens (including phenoxy) is 2. The van der Waals surface area contributed by atoms with E-state index in [9.17, 15) is 9.59 Å². The largest absolute Gasteiger partial charge is 0.497 e. The minimum absolute atomic E-state index is 0.199. The Kier molecular flexibility index (Phi) is 6.33. The Hall–Kier alpha value is -3.55. The SMILES string of the molecule is CCCN1C(=O)/C(=N/OCC(=O)Nc2cc(OC)cc(OC)c2)c2ccccc21. The molecule has 1 aliphatic rings. The van der Waals surface area contributed by atoms with Gasteiger partial charge in [-0.1, -0.05) is 30.3 Å². The Bertz CT molecular complexity index is 919. The predicted octanol–water partition coefficient (Wildman–Crippen LogP) is 2.82. The summed E-state index contributed by atoms with van der Waals surface area (Å²) in [5.41, 5.74) is 2.20. The van der Waals surface area contributed by atoms with Crippen LogP contribution in [0.2, 0.25) is 0 Å². The number of hydrogen-bond acceptors (Lipinski definition) is 6. The zero-order valence-corrected chi connectivity index (χ0v) is 16.6. The number of methoxy groups -OCH3 is 2. The molecule has 1 N–H and O–H groups in total. The predicted molar refractivity (Wildman–Crippen MR) is 110 cm³/mol. The van der Waals surface area contributed by atoms with E-state index in [0.717, 1.165) is 12.1 Å². The molecule has 29 heavy (non-hydrogen) atoms. The number of carbonyl (C=O) groups excluding carboxylic acids is 2. The lowest BCUT2D eigenvalue weighted by molar-refractivity contribution is -0.120. The molecule has 0 radical (unpaired) electrons. The van der Waals surface area contributed by atoms with E-state index in [1.54, 1.807) is 23.1 Å². The molecule has 0 spiro atoms. The van der Waals surface area contributed by atoms with Gasteiger partial charge in [-0.25, -0.2) is 0 Å². The summed E-state index contributed by atoms with van der Waals surface area (Å²) in [6, 6.07) is 12.4. The number of carbonyl (C=O) groups is 2. The Morgan fingerprint density at radius 2 is 1.79 bits per heavy atom. The molecule has 1 aliphatic heterocycles. The third kappa shape index (κ3) is 4.48. The second-order valence-electron chi connectivity index (χ2n) is 6.34. The molecule has 0 aromatic heterocycles. The van der Waals surface area contributed by atoms with Crippen LogP contribution in [0.25, 0.3) is 0 Å². The van der Waals surface area contributed by atoms with Gasteiger partial charge in [0.1, 0.15) is 11.5 Å². The Morgan fingerprint density at radius 1 is 1.10 bits per heavy atom. The molecule has 0 aliphatic carbocycles. The lowest BCUT2D eigenvalue weighted by atomic mass is 10.1. The molecule has 0 fully saturated rings. The van der Waals surface area contributed by atoms with Gasteiger partial charge >= 0.3 is 0 Å². The van der Waals surface area contributed by atoms with Crippen LogP contribution in [0.3, 0.4) is 0 Å². The smallest absolute Gasteiger partial charge is 0.281 e. The number of benzene rings is 2. The van der Waals surface area contributed by atoms with Gasteiger partial charge in [0, 0.05) is 36.0 Å². The van der Waals surface area contributed by atoms with Gasteiger partial charge in [0.15, 0.2) is 12.3 Å². The quantitative estimate of drug-likeness (QED) is 0.692. The van der Waals surface area contributed by atoms with Crippen LogP contribution < -0.4 is 19.7 Å². The number of hydrogen-bond donors (Lipinski definition) is 1. The lowest BCUT2D eigenvalue weighted by Gasteiger charge is -2.14. The van der Waals surface area contributed by atoms with Crippen molar-refractivity contribution in [1.82, 2.24) is 0 Å². The highest BCUT2D eigenvalue weighted by Gasteiger charge is 2.33. The van der Waals surface area contributed by atoms with Crippen LogP contribution in [-0.2, 0) is 14.4 Å². The van der Waals surface area contributed by atoms with Crippen molar-refractivity contribution in [2.24, 2.45) is 5.16 Å². The number of para-hydroxylation sites is 1. The van der Waals surface area contributed by atoms with Gasteiger partial charge in [-0.15, -0.1) is 0 Å². The van der Waals surface area contributed by atoms with E-state index in [4.69, 9.17) is 14.3 Å². The first-order valence-corrected chi connectivity index (χ1v) is 9.21. The Morgan fingerprint density at radius 3 is 2.45 bits per heavy atom. The van der Waals surface area contributed by atoms with Gasteiger partial charge in [-0.2, -0.15) is 0 Å². The first-order chi connectivity index (χ1) is 14.1. The van der Waals surface area contributed by atoms with Gasteiger partial charge in [0.25, 0.3) is 11.8 Å². The highest BCUT2D eigenvalue weighted by Crippen LogP contribution is 2.29. The van der Waals surface area contributed by atoms with Crippen molar-refractivity contribution >= 4 is 28.9 Å². The van der Waals surface area contributed by atoms with Crippen molar-refractivity contribution in [3.8, 4) is 11.5 Å². The fourth-order valence-corrected chi connectivity index (χ4v) is 3.03. The van der Waals surface area contributed by atoms with Gasteiger partial charge in [0.2, 0.25) is 0 Å². The van der Waals surface area contributed by atoms with Crippen LogP contribution in [0.15, 0.2) is 47.6 Å². The Labute approximate surface area is 169 Å². The average molecular weight is 397 g/mol. The minimum atomic E-state index is -0.422. The first kappa shape index (κ1) is 20.2. The van der Waals surface area contributed by atoms with Crippen LogP contribution in [0, 0.1) is 0 Å². The normalized spacial score (nSPS) is 14.0. The number of nitrogens with one attached hydrogen (secondary N) is 1. The molecular weight excluding hydrogens is 374 g/mol. The molecule has 2 amide bonds. The molecule has 3 rings (SSSR count). The average Bonchev–Trinajstić information content (AvgIpc) is 2.99. The number of oxime groups is 1. The van der Waals surface area contributed by atoms with Crippen LogP contribution in [0.1, 0.15) is 18.9 Å². The van der Waals surface area contributed by atoms with Crippen molar-refractivity contribution in [2.45, 2.75) is 13.3 Å². The third-order valence-electron chi connectivity index (χ3n) is 4.33. The summed E-state index contributed by atoms with van der Waals surface area (Å²) in [6.45, 7) is 2.25. The molecule has 0 atom stereocenters. The van der Waals surface area contributed by atoms with Crippen LogP contribution in [-0.4, -0.2) is 44.9 Å². The summed E-state index contributed by atoms with van der Waals surface area (Å²) in [7, 11) is 3.05. The molecule has 2 aromatic carbocycles. The van der Waals surface area contributed by atoms with E-state index in [1.165, 1.54) is 14.2 Å². The van der Waals surface area contributed by atoms with E-state index in [1.807, 2.05) is 31.2 Å². The summed E-state index contributed by atoms with van der Waals surface area (Å²) in [6.07, 6.45) is 0.820. The van der Waals surface area contributed by atoms with E-state index in [0.29, 0.717) is 29.3 Å². The monoisotopic (exact) mass is 397 g/mol. The molecule has 2 aromatic rings. The maximum absolute atomic E-state index is 12.6. The summed E-state index contributed by atoms with van der Waals surface area (Å²) in [5, 5.41) is 6.63. The summed E-state index contributed by atoms with van der Waals surface area (Å²) >= 11 is 0. The molecule has 0 saturated carbocycles. The molecule has 152 valence electrons. The van der Waals surface area contributed by atoms with Crippen LogP contribution in [0.4, 0.5) is 11.4 Å². The third-order valence-corrected chi connectivity index (χ3v) is 4.33. The summed E-state index contributed by atoms with van der Waals surface area (Å²) in [5.74, 6) is 0.440. The zero-order valence-electron chi connectivity index (χ0n) is 16.6. The Balaban J connectivity index is 1.67. The molecule has 1 heterocycles. The van der Waals surface area contributed by atoms with Gasteiger partial charge in [-0.05, 0) is 12.5 Å². The highest BCUT2D eigenvalue weighted by atomic mass is 16.6. The minimum Gasteiger partial charge on any atom is -0.497 e. The van der Waals surface area contributed by atoms with Crippen molar-refractivity contribution in [3.63, 3.8) is 0 Å². The molecule has 0 bridgehead atoms. The maximum Gasteiger partial charge on any atom is 0.281 e. The number of fused-ring (bicyclic) bond motifs is 1. The summed E-state index contributed by atoms with van der Waals surface area (Å²) < 4.78 is 10.4. The highest BCUT2D eigenvalue weighted by molar-refractivity contribution is 6.54.